The molecule has 2 heterocycles. The largest absolute Gasteiger partial charge is 0.388 e. The zero-order valence-electron chi connectivity index (χ0n) is 9.51. The maximum absolute atomic E-state index is 11.2. The van der Waals surface area contributed by atoms with Gasteiger partial charge in [0.25, 0.3) is 0 Å². The summed E-state index contributed by atoms with van der Waals surface area (Å²) in [6.07, 6.45) is 0.0455. The molecule has 2 aromatic heterocycles. The molecule has 0 radical (unpaired) electrons. The zero-order valence-corrected chi connectivity index (χ0v) is 10.3. The molecule has 0 aliphatic carbocycles. The number of aromatic nitrogens is 2. The minimum absolute atomic E-state index is 0.227. The Labute approximate surface area is 107 Å². The van der Waals surface area contributed by atoms with Crippen LogP contribution in [0.2, 0.25) is 0 Å². The number of hydrogen-bond donors (Lipinski definition) is 3. The van der Waals surface area contributed by atoms with Gasteiger partial charge in [-0.3, -0.25) is 0 Å². The fourth-order valence-corrected chi connectivity index (χ4v) is 2.74. The number of hydrogen-bond acceptors (Lipinski definition) is 3. The lowest BCUT2D eigenvalue weighted by atomic mass is 10.1. The predicted octanol–water partition coefficient (Wildman–Crippen LogP) is 2.19. The lowest BCUT2D eigenvalue weighted by molar-refractivity contribution is 0.179. The van der Waals surface area contributed by atoms with E-state index in [4.69, 9.17) is 0 Å². The summed E-state index contributed by atoms with van der Waals surface area (Å²) in [5, 5.41) is 12.2. The van der Waals surface area contributed by atoms with Crippen LogP contribution < -0.4 is 5.69 Å². The van der Waals surface area contributed by atoms with Gasteiger partial charge in [0.15, 0.2) is 0 Å². The molecule has 1 unspecified atom stereocenters. The molecule has 3 rings (SSSR count). The third kappa shape index (κ3) is 2.10. The fourth-order valence-electron chi connectivity index (χ4n) is 1.99. The van der Waals surface area contributed by atoms with Gasteiger partial charge in [0.2, 0.25) is 0 Å². The summed E-state index contributed by atoms with van der Waals surface area (Å²) in [6, 6.07) is 9.43. The topological polar surface area (TPSA) is 68.9 Å². The van der Waals surface area contributed by atoms with Crippen molar-refractivity contribution in [1.29, 1.82) is 0 Å². The average Bonchev–Trinajstić information content (AvgIpc) is 2.95. The molecular weight excluding hydrogens is 248 g/mol. The van der Waals surface area contributed by atoms with Crippen LogP contribution in [0.4, 0.5) is 0 Å². The van der Waals surface area contributed by atoms with Crippen LogP contribution in [0.25, 0.3) is 11.0 Å². The van der Waals surface area contributed by atoms with Gasteiger partial charge in [-0.25, -0.2) is 4.79 Å². The number of imidazole rings is 1. The second-order valence-electron chi connectivity index (χ2n) is 4.18. The molecule has 3 aromatic rings. The second kappa shape index (κ2) is 4.44. The van der Waals surface area contributed by atoms with Crippen molar-refractivity contribution in [3.05, 3.63) is 56.6 Å². The highest BCUT2D eigenvalue weighted by Crippen LogP contribution is 2.22. The van der Waals surface area contributed by atoms with Crippen molar-refractivity contribution in [2.75, 3.05) is 0 Å². The molecule has 0 saturated heterocycles. The van der Waals surface area contributed by atoms with Gasteiger partial charge in [-0.05, 0) is 29.1 Å². The monoisotopic (exact) mass is 260 g/mol. The van der Waals surface area contributed by atoms with Crippen LogP contribution >= 0.6 is 11.3 Å². The molecule has 4 nitrogen and oxygen atoms in total. The molecule has 0 fully saturated rings. The minimum Gasteiger partial charge on any atom is -0.388 e. The Balaban J connectivity index is 1.91. The molecule has 0 saturated carbocycles. The van der Waals surface area contributed by atoms with E-state index in [-0.39, 0.29) is 5.69 Å². The molecule has 0 amide bonds. The molecule has 18 heavy (non-hydrogen) atoms. The SMILES string of the molecule is O=c1[nH]c2ccc(C(O)Cc3cccs3)cc2[nH]1. The number of fused-ring (bicyclic) bond motifs is 1. The summed E-state index contributed by atoms with van der Waals surface area (Å²) in [4.78, 5) is 17.7. The highest BCUT2D eigenvalue weighted by Gasteiger charge is 2.10. The Hall–Kier alpha value is -1.85. The summed E-state index contributed by atoms with van der Waals surface area (Å²) in [5.41, 5.74) is 2.07. The first-order valence-electron chi connectivity index (χ1n) is 5.65. The van der Waals surface area contributed by atoms with E-state index in [9.17, 15) is 9.90 Å². The number of rotatable bonds is 3. The molecule has 92 valence electrons. The van der Waals surface area contributed by atoms with Gasteiger partial charge in [0, 0.05) is 11.3 Å². The summed E-state index contributed by atoms with van der Waals surface area (Å²) in [5.74, 6) is 0. The number of aliphatic hydroxyl groups is 1. The Kier molecular flexibility index (Phi) is 2.77. The van der Waals surface area contributed by atoms with Crippen molar-refractivity contribution in [3.63, 3.8) is 0 Å². The fraction of sp³-hybridized carbons (Fsp3) is 0.154. The average molecular weight is 260 g/mol. The number of nitrogens with one attached hydrogen (secondary N) is 2. The lowest BCUT2D eigenvalue weighted by Crippen LogP contribution is -2.00. The maximum atomic E-state index is 11.2. The minimum atomic E-state index is -0.550. The standard InChI is InChI=1S/C13H12N2O2S/c16-12(7-9-2-1-5-18-9)8-3-4-10-11(6-8)15-13(17)14-10/h1-6,12,16H,7H2,(H2,14,15,17). The third-order valence-corrected chi connectivity index (χ3v) is 3.80. The normalized spacial score (nSPS) is 12.9. The first-order valence-corrected chi connectivity index (χ1v) is 6.53. The quantitative estimate of drug-likeness (QED) is 0.675. The van der Waals surface area contributed by atoms with Crippen molar-refractivity contribution < 1.29 is 5.11 Å². The Morgan fingerprint density at radius 2 is 2.06 bits per heavy atom. The smallest absolute Gasteiger partial charge is 0.323 e. The van der Waals surface area contributed by atoms with Crippen LogP contribution in [0.15, 0.2) is 40.5 Å². The number of thiophene rings is 1. The van der Waals surface area contributed by atoms with Crippen molar-refractivity contribution >= 4 is 22.4 Å². The first-order chi connectivity index (χ1) is 8.72. The van der Waals surface area contributed by atoms with E-state index in [1.807, 2.05) is 29.6 Å². The number of aliphatic hydroxyl groups excluding tert-OH is 1. The highest BCUT2D eigenvalue weighted by molar-refractivity contribution is 7.09. The van der Waals surface area contributed by atoms with E-state index in [0.717, 1.165) is 21.5 Å². The van der Waals surface area contributed by atoms with Gasteiger partial charge in [-0.15, -0.1) is 11.3 Å². The molecule has 5 heteroatoms. The molecule has 0 bridgehead atoms. The molecule has 1 aromatic carbocycles. The van der Waals surface area contributed by atoms with Gasteiger partial charge in [0.1, 0.15) is 0 Å². The van der Waals surface area contributed by atoms with Crippen LogP contribution in [-0.2, 0) is 6.42 Å². The van der Waals surface area contributed by atoms with Gasteiger partial charge in [0.05, 0.1) is 17.1 Å². The van der Waals surface area contributed by atoms with E-state index in [2.05, 4.69) is 9.97 Å². The van der Waals surface area contributed by atoms with Crippen LogP contribution in [0.5, 0.6) is 0 Å². The van der Waals surface area contributed by atoms with Gasteiger partial charge in [-0.1, -0.05) is 12.1 Å². The molecule has 3 N–H and O–H groups in total. The van der Waals surface area contributed by atoms with Crippen molar-refractivity contribution in [1.82, 2.24) is 9.97 Å². The van der Waals surface area contributed by atoms with Crippen LogP contribution in [0.3, 0.4) is 0 Å². The molecule has 1 atom stereocenters. The highest BCUT2D eigenvalue weighted by atomic mass is 32.1. The Morgan fingerprint density at radius 1 is 1.22 bits per heavy atom. The Morgan fingerprint density at radius 3 is 2.83 bits per heavy atom. The number of benzene rings is 1. The molecule has 0 aliphatic rings. The van der Waals surface area contributed by atoms with E-state index < -0.39 is 6.10 Å². The number of aromatic amines is 2. The van der Waals surface area contributed by atoms with Crippen molar-refractivity contribution in [2.45, 2.75) is 12.5 Å². The molecule has 0 spiro atoms. The van der Waals surface area contributed by atoms with Crippen molar-refractivity contribution in [2.24, 2.45) is 0 Å². The van der Waals surface area contributed by atoms with E-state index in [1.54, 1.807) is 17.4 Å². The van der Waals surface area contributed by atoms with Gasteiger partial charge >= 0.3 is 5.69 Å². The first kappa shape index (κ1) is 11.3. The van der Waals surface area contributed by atoms with Gasteiger partial charge in [-0.2, -0.15) is 0 Å². The van der Waals surface area contributed by atoms with E-state index in [0.29, 0.717) is 6.42 Å². The summed E-state index contributed by atoms with van der Waals surface area (Å²) in [6.45, 7) is 0. The molecular formula is C13H12N2O2S. The third-order valence-electron chi connectivity index (χ3n) is 2.90. The second-order valence-corrected chi connectivity index (χ2v) is 5.22. The van der Waals surface area contributed by atoms with Crippen LogP contribution in [0.1, 0.15) is 16.5 Å². The lowest BCUT2D eigenvalue weighted by Gasteiger charge is -2.09. The van der Waals surface area contributed by atoms with E-state index in [1.165, 1.54) is 0 Å². The van der Waals surface area contributed by atoms with Crippen LogP contribution in [-0.4, -0.2) is 15.1 Å². The summed E-state index contributed by atoms with van der Waals surface area (Å²) < 4.78 is 0. The molecule has 0 aliphatic heterocycles. The summed E-state index contributed by atoms with van der Waals surface area (Å²) in [7, 11) is 0. The van der Waals surface area contributed by atoms with Crippen LogP contribution in [0, 0.1) is 0 Å². The zero-order chi connectivity index (χ0) is 12.5. The van der Waals surface area contributed by atoms with Gasteiger partial charge < -0.3 is 15.1 Å². The Bertz CT molecular complexity index is 712. The van der Waals surface area contributed by atoms with E-state index >= 15 is 0 Å². The predicted molar refractivity (Wildman–Crippen MR) is 71.9 cm³/mol. The van der Waals surface area contributed by atoms with Crippen molar-refractivity contribution in [3.8, 4) is 0 Å². The number of H-pyrrole nitrogens is 2. The summed E-state index contributed by atoms with van der Waals surface area (Å²) >= 11 is 1.63. The maximum Gasteiger partial charge on any atom is 0.323 e.